The number of benzene rings is 1. The summed E-state index contributed by atoms with van der Waals surface area (Å²) < 4.78 is 0. The lowest BCUT2D eigenvalue weighted by molar-refractivity contribution is 0.837. The summed E-state index contributed by atoms with van der Waals surface area (Å²) in [6, 6.07) is 10.00. The highest BCUT2D eigenvalue weighted by molar-refractivity contribution is 5.57. The summed E-state index contributed by atoms with van der Waals surface area (Å²) in [5.74, 6) is 0. The number of rotatable bonds is 4. The summed E-state index contributed by atoms with van der Waals surface area (Å²) in [6.45, 7) is 3.24. The molecule has 3 heteroatoms. The van der Waals surface area contributed by atoms with Crippen LogP contribution in [0.2, 0.25) is 0 Å². The minimum absolute atomic E-state index is 0.603. The highest BCUT2D eigenvalue weighted by Gasteiger charge is 2.00. The fraction of sp³-hybridized carbons (Fsp3) is 0.300. The Bertz CT molecular complexity index is 256. The predicted octanol–water partition coefficient (Wildman–Crippen LogP) is 1.46. The van der Waals surface area contributed by atoms with E-state index in [9.17, 15) is 0 Å². The molecule has 0 spiro atoms. The molecule has 0 fully saturated rings. The summed E-state index contributed by atoms with van der Waals surface area (Å²) in [7, 11) is 0. The topological polar surface area (TPSA) is 41.6 Å². The first-order valence-corrected chi connectivity index (χ1v) is 4.39. The van der Waals surface area contributed by atoms with Gasteiger partial charge in [-0.1, -0.05) is 18.2 Å². The molecule has 0 saturated carbocycles. The van der Waals surface area contributed by atoms with Crippen LogP contribution in [0.25, 0.3) is 0 Å². The Morgan fingerprint density at radius 1 is 1.38 bits per heavy atom. The van der Waals surface area contributed by atoms with Gasteiger partial charge in [-0.15, -0.1) is 0 Å². The van der Waals surface area contributed by atoms with Gasteiger partial charge < -0.3 is 5.73 Å². The van der Waals surface area contributed by atoms with Crippen LogP contribution < -0.4 is 10.7 Å². The molecule has 0 aliphatic carbocycles. The smallest absolute Gasteiger partial charge is 0.0594 e. The van der Waals surface area contributed by atoms with Crippen molar-refractivity contribution in [2.24, 2.45) is 10.8 Å². The number of para-hydroxylation sites is 1. The molecule has 0 bridgehead atoms. The lowest BCUT2D eigenvalue weighted by atomic mass is 10.3. The van der Waals surface area contributed by atoms with E-state index in [2.05, 4.69) is 5.10 Å². The Hall–Kier alpha value is -1.35. The molecule has 1 rings (SSSR count). The molecule has 0 saturated heterocycles. The van der Waals surface area contributed by atoms with Gasteiger partial charge >= 0.3 is 0 Å². The maximum atomic E-state index is 5.48. The third kappa shape index (κ3) is 2.87. The summed E-state index contributed by atoms with van der Waals surface area (Å²) >= 11 is 0. The molecule has 0 amide bonds. The van der Waals surface area contributed by atoms with Gasteiger partial charge in [0.05, 0.1) is 12.2 Å². The Kier molecular flexibility index (Phi) is 3.99. The second-order valence-corrected chi connectivity index (χ2v) is 2.62. The van der Waals surface area contributed by atoms with E-state index >= 15 is 0 Å². The molecule has 0 aliphatic heterocycles. The first kappa shape index (κ1) is 9.74. The van der Waals surface area contributed by atoms with Crippen molar-refractivity contribution in [1.82, 2.24) is 0 Å². The van der Waals surface area contributed by atoms with Crippen molar-refractivity contribution >= 4 is 11.9 Å². The molecule has 13 heavy (non-hydrogen) atoms. The molecule has 0 radical (unpaired) electrons. The average Bonchev–Trinajstić information content (AvgIpc) is 2.19. The van der Waals surface area contributed by atoms with Crippen LogP contribution >= 0.6 is 0 Å². The van der Waals surface area contributed by atoms with E-state index in [1.807, 2.05) is 42.3 Å². The predicted molar refractivity (Wildman–Crippen MR) is 57.0 cm³/mol. The zero-order valence-electron chi connectivity index (χ0n) is 7.85. The molecule has 0 atom stereocenters. The summed E-state index contributed by atoms with van der Waals surface area (Å²) in [5.41, 5.74) is 6.56. The van der Waals surface area contributed by atoms with E-state index in [1.54, 1.807) is 6.21 Å². The van der Waals surface area contributed by atoms with Gasteiger partial charge in [-0.25, -0.2) is 0 Å². The first-order chi connectivity index (χ1) is 6.38. The Labute approximate surface area is 78.9 Å². The quantitative estimate of drug-likeness (QED) is 0.558. The zero-order valence-corrected chi connectivity index (χ0v) is 7.85. The molecule has 0 unspecified atom stereocenters. The lowest BCUT2D eigenvalue weighted by Gasteiger charge is -2.17. The summed E-state index contributed by atoms with van der Waals surface area (Å²) in [6.07, 6.45) is 1.77. The maximum Gasteiger partial charge on any atom is 0.0594 e. The number of hydrazone groups is 1. The van der Waals surface area contributed by atoms with Crippen molar-refractivity contribution in [3.63, 3.8) is 0 Å². The minimum atomic E-state index is 0.603. The molecule has 0 heterocycles. The first-order valence-electron chi connectivity index (χ1n) is 4.39. The van der Waals surface area contributed by atoms with Crippen LogP contribution in [-0.4, -0.2) is 19.3 Å². The number of hydrogen-bond donors (Lipinski definition) is 1. The van der Waals surface area contributed by atoms with Crippen LogP contribution in [0.15, 0.2) is 35.4 Å². The standard InChI is InChI=1S/C10H15N3/c1-2-12-13(9-8-11)10-6-4-3-5-7-10/h2-7H,8-9,11H2,1H3/b12-2-. The van der Waals surface area contributed by atoms with Crippen molar-refractivity contribution in [3.8, 4) is 0 Å². The second kappa shape index (κ2) is 5.32. The normalized spacial score (nSPS) is 10.6. The number of anilines is 1. The second-order valence-electron chi connectivity index (χ2n) is 2.62. The van der Waals surface area contributed by atoms with Crippen molar-refractivity contribution in [3.05, 3.63) is 30.3 Å². The minimum Gasteiger partial charge on any atom is -0.329 e. The average molecular weight is 177 g/mol. The largest absolute Gasteiger partial charge is 0.329 e. The van der Waals surface area contributed by atoms with E-state index in [1.165, 1.54) is 0 Å². The van der Waals surface area contributed by atoms with Crippen LogP contribution in [0.3, 0.4) is 0 Å². The number of hydrogen-bond acceptors (Lipinski definition) is 3. The van der Waals surface area contributed by atoms with E-state index in [0.29, 0.717) is 6.54 Å². The Balaban J connectivity index is 2.76. The summed E-state index contributed by atoms with van der Waals surface area (Å²) in [4.78, 5) is 0. The van der Waals surface area contributed by atoms with Gasteiger partial charge in [-0.2, -0.15) is 5.10 Å². The van der Waals surface area contributed by atoms with Gasteiger partial charge in [0.15, 0.2) is 0 Å². The monoisotopic (exact) mass is 177 g/mol. The fourth-order valence-electron chi connectivity index (χ4n) is 1.12. The van der Waals surface area contributed by atoms with E-state index in [4.69, 9.17) is 5.73 Å². The van der Waals surface area contributed by atoms with Crippen LogP contribution in [0.1, 0.15) is 6.92 Å². The maximum absolute atomic E-state index is 5.48. The SMILES string of the molecule is C/C=N\N(CCN)c1ccccc1. The van der Waals surface area contributed by atoms with Crippen LogP contribution in [-0.2, 0) is 0 Å². The highest BCUT2D eigenvalue weighted by atomic mass is 15.4. The summed E-state index contributed by atoms with van der Waals surface area (Å²) in [5, 5.41) is 6.10. The van der Waals surface area contributed by atoms with Crippen LogP contribution in [0.5, 0.6) is 0 Å². The van der Waals surface area contributed by atoms with Crippen molar-refractivity contribution in [2.75, 3.05) is 18.1 Å². The molecule has 70 valence electrons. The zero-order chi connectivity index (χ0) is 9.52. The molecular formula is C10H15N3. The molecule has 1 aromatic rings. The van der Waals surface area contributed by atoms with Gasteiger partial charge in [0.1, 0.15) is 0 Å². The van der Waals surface area contributed by atoms with Gasteiger partial charge in [-0.05, 0) is 19.1 Å². The molecule has 0 aromatic heterocycles. The van der Waals surface area contributed by atoms with Crippen molar-refractivity contribution in [1.29, 1.82) is 0 Å². The van der Waals surface area contributed by atoms with Crippen molar-refractivity contribution in [2.45, 2.75) is 6.92 Å². The molecule has 2 N–H and O–H groups in total. The molecular weight excluding hydrogens is 162 g/mol. The van der Waals surface area contributed by atoms with Crippen LogP contribution in [0, 0.1) is 0 Å². The van der Waals surface area contributed by atoms with Crippen molar-refractivity contribution < 1.29 is 0 Å². The van der Waals surface area contributed by atoms with E-state index in [0.717, 1.165) is 12.2 Å². The van der Waals surface area contributed by atoms with Gasteiger partial charge in [-0.3, -0.25) is 5.01 Å². The van der Waals surface area contributed by atoms with Gasteiger partial charge in [0.2, 0.25) is 0 Å². The highest BCUT2D eigenvalue weighted by Crippen LogP contribution is 2.12. The van der Waals surface area contributed by atoms with Crippen LogP contribution in [0.4, 0.5) is 5.69 Å². The fourth-order valence-corrected chi connectivity index (χ4v) is 1.12. The van der Waals surface area contributed by atoms with E-state index < -0.39 is 0 Å². The third-order valence-electron chi connectivity index (χ3n) is 1.65. The Morgan fingerprint density at radius 3 is 2.62 bits per heavy atom. The number of nitrogens with two attached hydrogens (primary N) is 1. The van der Waals surface area contributed by atoms with E-state index in [-0.39, 0.29) is 0 Å². The molecule has 0 aliphatic rings. The third-order valence-corrected chi connectivity index (χ3v) is 1.65. The molecule has 1 aromatic carbocycles. The molecule has 3 nitrogen and oxygen atoms in total. The Morgan fingerprint density at radius 2 is 2.08 bits per heavy atom. The van der Waals surface area contributed by atoms with Gasteiger partial charge in [0.25, 0.3) is 0 Å². The van der Waals surface area contributed by atoms with Gasteiger partial charge in [0, 0.05) is 12.8 Å². The lowest BCUT2D eigenvalue weighted by Crippen LogP contribution is -2.24. The number of nitrogens with zero attached hydrogens (tertiary/aromatic N) is 2.